The predicted molar refractivity (Wildman–Crippen MR) is 106 cm³/mol. The topological polar surface area (TPSA) is 85.4 Å². The Morgan fingerprint density at radius 2 is 1.93 bits per heavy atom. The molecule has 0 aliphatic carbocycles. The van der Waals surface area contributed by atoms with Gasteiger partial charge in [-0.1, -0.05) is 0 Å². The van der Waals surface area contributed by atoms with Gasteiger partial charge in [-0.15, -0.1) is 11.3 Å². The van der Waals surface area contributed by atoms with Gasteiger partial charge in [-0.05, 0) is 60.4 Å². The Morgan fingerprint density at radius 3 is 2.54 bits per heavy atom. The summed E-state index contributed by atoms with van der Waals surface area (Å²) in [6.07, 6.45) is 4.15. The molecule has 2 fully saturated rings. The fraction of sp³-hybridized carbons (Fsp3) is 0.421. The van der Waals surface area contributed by atoms with Crippen molar-refractivity contribution >= 4 is 40.8 Å². The first-order valence-electron chi connectivity index (χ1n) is 8.93. The molecule has 9 heteroatoms. The number of carbonyl (C=O) groups is 2. The normalized spacial score (nSPS) is 20.6. The Labute approximate surface area is 214 Å². The molecule has 1 aromatic carbocycles. The van der Waals surface area contributed by atoms with E-state index < -0.39 is 12.0 Å². The van der Waals surface area contributed by atoms with Crippen LogP contribution >= 0.6 is 23.1 Å². The molecule has 2 amide bonds. The number of hydrogen-bond donors (Lipinski definition) is 1. The van der Waals surface area contributed by atoms with E-state index in [-0.39, 0.29) is 62.8 Å². The van der Waals surface area contributed by atoms with Crippen molar-refractivity contribution in [2.45, 2.75) is 25.3 Å². The van der Waals surface area contributed by atoms with E-state index in [1.54, 1.807) is 17.5 Å². The number of aromatic nitrogens is 1. The average molecular weight is 442 g/mol. The number of carbonyl (C=O) groups excluding carboxylic acids is 2. The second-order valence-corrected chi connectivity index (χ2v) is 9.24. The van der Waals surface area contributed by atoms with E-state index in [0.29, 0.717) is 18.7 Å². The zero-order valence-electron chi connectivity index (χ0n) is 15.7. The molecule has 2 aliphatic heterocycles. The van der Waals surface area contributed by atoms with Crippen LogP contribution in [0.1, 0.15) is 19.3 Å². The maximum atomic E-state index is 12.8. The van der Waals surface area contributed by atoms with Crippen molar-refractivity contribution in [2.75, 3.05) is 23.4 Å². The molecular weight excluding hydrogens is 421 g/mol. The Morgan fingerprint density at radius 1 is 1.21 bits per heavy atom. The number of thioether (sulfide) groups is 1. The molecule has 28 heavy (non-hydrogen) atoms. The van der Waals surface area contributed by atoms with Crippen LogP contribution in [0.4, 0.5) is 10.5 Å². The minimum Gasteiger partial charge on any atom is -0.548 e. The van der Waals surface area contributed by atoms with Crippen LogP contribution in [0.5, 0.6) is 0 Å². The van der Waals surface area contributed by atoms with Gasteiger partial charge in [0.05, 0.1) is 12.0 Å². The monoisotopic (exact) mass is 441 g/mol. The smallest absolute Gasteiger partial charge is 0.548 e. The Kier molecular flexibility index (Phi) is 7.63. The summed E-state index contributed by atoms with van der Waals surface area (Å²) in [7, 11) is 0. The predicted octanol–water partition coefficient (Wildman–Crippen LogP) is -0.316. The molecule has 0 saturated carbocycles. The van der Waals surface area contributed by atoms with Crippen molar-refractivity contribution in [2.24, 2.45) is 5.41 Å². The summed E-state index contributed by atoms with van der Waals surface area (Å²) in [5.74, 6) is 0.875. The van der Waals surface area contributed by atoms with E-state index >= 15 is 0 Å². The zero-order valence-corrected chi connectivity index (χ0v) is 20.5. The number of thiazole rings is 1. The minimum atomic E-state index is -1.17. The van der Waals surface area contributed by atoms with Crippen molar-refractivity contribution in [3.8, 4) is 10.6 Å². The molecule has 3 heterocycles. The van der Waals surface area contributed by atoms with Crippen molar-refractivity contribution < 1.29 is 66.1 Å². The summed E-state index contributed by atoms with van der Waals surface area (Å²) in [6, 6.07) is 6.18. The number of anilines is 1. The molecule has 0 radical (unpaired) electrons. The van der Waals surface area contributed by atoms with Crippen molar-refractivity contribution in [1.29, 1.82) is 0 Å². The van der Waals surface area contributed by atoms with Crippen LogP contribution in [0, 0.1) is 5.41 Å². The molecule has 4 rings (SSSR count). The van der Waals surface area contributed by atoms with Crippen LogP contribution in [0.2, 0.25) is 0 Å². The molecule has 1 spiro atoms. The van der Waals surface area contributed by atoms with Crippen LogP contribution in [0.15, 0.2) is 35.8 Å². The van der Waals surface area contributed by atoms with E-state index in [4.69, 9.17) is 0 Å². The van der Waals surface area contributed by atoms with Crippen LogP contribution in [0.3, 0.4) is 0 Å². The molecule has 2 aromatic rings. The van der Waals surface area contributed by atoms with Gasteiger partial charge in [-0.3, -0.25) is 0 Å². The number of urea groups is 1. The number of carboxylic acid groups (broad SMARTS) is 1. The SMILES string of the molecule is O=C([O-])C1CC2(CCSCC2)CN1C(=O)Nc1ccc(-c2nccs2)cc1.[K+]. The van der Waals surface area contributed by atoms with Crippen LogP contribution < -0.4 is 61.8 Å². The van der Waals surface area contributed by atoms with Crippen molar-refractivity contribution in [1.82, 2.24) is 9.88 Å². The van der Waals surface area contributed by atoms with E-state index in [0.717, 1.165) is 34.9 Å². The standard InChI is InChI=1S/C19H21N3O3S2.K/c23-17(24)15-11-19(5-8-26-9-6-19)12-22(15)18(25)21-14-3-1-13(2-4-14)16-20-7-10-27-16;/h1-4,7,10,15H,5-6,8-9,11-12H2,(H,21,25)(H,23,24);/q;+1/p-1. The van der Waals surface area contributed by atoms with Crippen molar-refractivity contribution in [3.05, 3.63) is 35.8 Å². The quantitative estimate of drug-likeness (QED) is 0.660. The summed E-state index contributed by atoms with van der Waals surface area (Å²) < 4.78 is 0. The molecule has 1 N–H and O–H groups in total. The van der Waals surface area contributed by atoms with Crippen LogP contribution in [0.25, 0.3) is 10.6 Å². The largest absolute Gasteiger partial charge is 1.00 e. The van der Waals surface area contributed by atoms with E-state index in [1.165, 1.54) is 4.90 Å². The summed E-state index contributed by atoms with van der Waals surface area (Å²) in [5.41, 5.74) is 1.54. The Bertz CT molecular complexity index is 823. The fourth-order valence-electron chi connectivity index (χ4n) is 3.90. The number of hydrogen-bond acceptors (Lipinski definition) is 6. The summed E-state index contributed by atoms with van der Waals surface area (Å²) in [4.78, 5) is 30.1. The molecular formula is C19H20KN3O3S2. The van der Waals surface area contributed by atoms with Gasteiger partial charge in [0.1, 0.15) is 5.01 Å². The molecule has 142 valence electrons. The van der Waals surface area contributed by atoms with Crippen LogP contribution in [-0.4, -0.2) is 46.0 Å². The van der Waals surface area contributed by atoms with Gasteiger partial charge in [0.15, 0.2) is 0 Å². The van der Waals surface area contributed by atoms with Gasteiger partial charge in [0.2, 0.25) is 0 Å². The van der Waals surface area contributed by atoms with E-state index in [1.807, 2.05) is 41.4 Å². The second kappa shape index (κ2) is 9.59. The first-order valence-corrected chi connectivity index (χ1v) is 11.0. The maximum Gasteiger partial charge on any atom is 1.00 e. The van der Waals surface area contributed by atoms with Gasteiger partial charge in [0, 0.05) is 29.4 Å². The zero-order chi connectivity index (χ0) is 18.9. The fourth-order valence-corrected chi connectivity index (χ4v) is 5.91. The molecule has 2 aliphatic rings. The van der Waals surface area contributed by atoms with Crippen LogP contribution in [-0.2, 0) is 4.79 Å². The molecule has 2 saturated heterocycles. The molecule has 1 unspecified atom stereocenters. The Hall–Kier alpha value is -0.424. The molecule has 1 aromatic heterocycles. The summed E-state index contributed by atoms with van der Waals surface area (Å²) in [6.45, 7) is 0.481. The third-order valence-electron chi connectivity index (χ3n) is 5.41. The van der Waals surface area contributed by atoms with Crippen molar-refractivity contribution in [3.63, 3.8) is 0 Å². The number of carboxylic acids is 1. The molecule has 6 nitrogen and oxygen atoms in total. The third kappa shape index (κ3) is 4.83. The minimum absolute atomic E-state index is 0. The van der Waals surface area contributed by atoms with E-state index in [2.05, 4.69) is 10.3 Å². The first kappa shape index (κ1) is 22.3. The number of benzene rings is 1. The van der Waals surface area contributed by atoms with Gasteiger partial charge in [0.25, 0.3) is 0 Å². The molecule has 1 atom stereocenters. The average Bonchev–Trinajstić information content (AvgIpc) is 3.32. The number of nitrogens with one attached hydrogen (secondary N) is 1. The number of amides is 2. The maximum absolute atomic E-state index is 12.8. The summed E-state index contributed by atoms with van der Waals surface area (Å²) >= 11 is 3.44. The summed E-state index contributed by atoms with van der Waals surface area (Å²) in [5, 5.41) is 17.3. The van der Waals surface area contributed by atoms with Gasteiger partial charge in [-0.25, -0.2) is 9.78 Å². The third-order valence-corrected chi connectivity index (χ3v) is 7.22. The van der Waals surface area contributed by atoms with E-state index in [9.17, 15) is 14.7 Å². The van der Waals surface area contributed by atoms with Gasteiger partial charge in [-0.2, -0.15) is 11.8 Å². The number of aliphatic carboxylic acids is 1. The number of nitrogens with zero attached hydrogens (tertiary/aromatic N) is 2. The van der Waals surface area contributed by atoms with Gasteiger partial charge >= 0.3 is 57.4 Å². The second-order valence-electron chi connectivity index (χ2n) is 7.12. The Balaban J connectivity index is 0.00000225. The number of rotatable bonds is 3. The van der Waals surface area contributed by atoms with Gasteiger partial charge < -0.3 is 20.1 Å². The first-order chi connectivity index (χ1) is 13.1. The number of likely N-dealkylation sites (tertiary alicyclic amines) is 1. The molecule has 0 bridgehead atoms.